The Hall–Kier alpha value is -1.49. The van der Waals surface area contributed by atoms with Crippen molar-refractivity contribution in [1.29, 1.82) is 0 Å². The van der Waals surface area contributed by atoms with E-state index in [4.69, 9.17) is 27.6 Å². The molecule has 0 aliphatic rings. The third-order valence-corrected chi connectivity index (χ3v) is 3.30. The lowest BCUT2D eigenvalue weighted by atomic mass is 10.1. The first kappa shape index (κ1) is 13.9. The highest BCUT2D eigenvalue weighted by molar-refractivity contribution is 6.42. The monoisotopic (exact) mass is 299 g/mol. The molecule has 1 atom stereocenters. The molecule has 1 heterocycles. The molecule has 2 N–H and O–H groups in total. The molecule has 4 nitrogen and oxygen atoms in total. The zero-order valence-corrected chi connectivity index (χ0v) is 11.3. The van der Waals surface area contributed by atoms with Crippen LogP contribution in [0.1, 0.15) is 22.2 Å². The van der Waals surface area contributed by atoms with Crippen LogP contribution < -0.4 is 5.32 Å². The smallest absolute Gasteiger partial charge is 0.252 e. The molecule has 2 rings (SSSR count). The first-order chi connectivity index (χ1) is 9.11. The SMILES string of the molecule is O=C(NC(CO)c1ccco1)c1ccc(Cl)c(Cl)c1. The summed E-state index contributed by atoms with van der Waals surface area (Å²) < 4.78 is 5.14. The van der Waals surface area contributed by atoms with Crippen LogP contribution in [0.25, 0.3) is 0 Å². The molecule has 0 aliphatic carbocycles. The maximum atomic E-state index is 12.0. The van der Waals surface area contributed by atoms with Gasteiger partial charge in [-0.15, -0.1) is 0 Å². The van der Waals surface area contributed by atoms with E-state index in [1.165, 1.54) is 12.3 Å². The van der Waals surface area contributed by atoms with Crippen LogP contribution in [0.2, 0.25) is 10.0 Å². The predicted molar refractivity (Wildman–Crippen MR) is 72.5 cm³/mol. The molecule has 1 unspecified atom stereocenters. The lowest BCUT2D eigenvalue weighted by Gasteiger charge is -2.14. The van der Waals surface area contributed by atoms with Crippen molar-refractivity contribution < 1.29 is 14.3 Å². The second-order valence-electron chi connectivity index (χ2n) is 3.85. The standard InChI is InChI=1S/C13H11Cl2NO3/c14-9-4-3-8(6-10(9)15)13(18)16-11(7-17)12-2-1-5-19-12/h1-6,11,17H,7H2,(H,16,18). The Morgan fingerprint density at radius 1 is 1.32 bits per heavy atom. The van der Waals surface area contributed by atoms with E-state index in [1.807, 2.05) is 0 Å². The number of rotatable bonds is 4. The lowest BCUT2D eigenvalue weighted by molar-refractivity contribution is 0.0907. The summed E-state index contributed by atoms with van der Waals surface area (Å²) in [5.74, 6) is 0.116. The molecule has 2 aromatic rings. The van der Waals surface area contributed by atoms with Gasteiger partial charge in [0.05, 0.1) is 22.9 Å². The summed E-state index contributed by atoms with van der Waals surface area (Å²) in [6.07, 6.45) is 1.48. The normalized spacial score (nSPS) is 12.2. The molecular weight excluding hydrogens is 289 g/mol. The minimum absolute atomic E-state index is 0.263. The van der Waals surface area contributed by atoms with Gasteiger partial charge < -0.3 is 14.8 Å². The van der Waals surface area contributed by atoms with Crippen molar-refractivity contribution in [3.63, 3.8) is 0 Å². The summed E-state index contributed by atoms with van der Waals surface area (Å²) >= 11 is 11.6. The van der Waals surface area contributed by atoms with Gasteiger partial charge in [0.15, 0.2) is 0 Å². The van der Waals surface area contributed by atoms with Crippen LogP contribution in [-0.2, 0) is 0 Å². The van der Waals surface area contributed by atoms with Crippen LogP contribution in [0.15, 0.2) is 41.0 Å². The average molecular weight is 300 g/mol. The lowest BCUT2D eigenvalue weighted by Crippen LogP contribution is -2.30. The number of furan rings is 1. The predicted octanol–water partition coefficient (Wildman–Crippen LogP) is 3.05. The molecule has 0 spiro atoms. The summed E-state index contributed by atoms with van der Waals surface area (Å²) in [4.78, 5) is 12.0. The van der Waals surface area contributed by atoms with Crippen molar-refractivity contribution >= 4 is 29.1 Å². The number of aliphatic hydroxyl groups excluding tert-OH is 1. The maximum Gasteiger partial charge on any atom is 0.252 e. The molecular formula is C13H11Cl2NO3. The molecule has 0 radical (unpaired) electrons. The Kier molecular flexibility index (Phi) is 4.47. The van der Waals surface area contributed by atoms with Crippen molar-refractivity contribution in [3.8, 4) is 0 Å². The summed E-state index contributed by atoms with van der Waals surface area (Å²) in [6.45, 7) is -0.263. The van der Waals surface area contributed by atoms with Gasteiger partial charge in [0.2, 0.25) is 0 Å². The third kappa shape index (κ3) is 3.29. The van der Waals surface area contributed by atoms with Gasteiger partial charge in [-0.3, -0.25) is 4.79 Å². The van der Waals surface area contributed by atoms with Crippen molar-refractivity contribution in [2.75, 3.05) is 6.61 Å². The molecule has 0 saturated carbocycles. The molecule has 19 heavy (non-hydrogen) atoms. The number of hydrogen-bond acceptors (Lipinski definition) is 3. The Morgan fingerprint density at radius 3 is 2.68 bits per heavy atom. The van der Waals surface area contributed by atoms with Gasteiger partial charge in [0.1, 0.15) is 11.8 Å². The molecule has 6 heteroatoms. The molecule has 1 aromatic carbocycles. The van der Waals surface area contributed by atoms with Gasteiger partial charge in [-0.05, 0) is 30.3 Å². The highest BCUT2D eigenvalue weighted by Crippen LogP contribution is 2.23. The van der Waals surface area contributed by atoms with Crippen LogP contribution in [-0.4, -0.2) is 17.6 Å². The van der Waals surface area contributed by atoms with Gasteiger partial charge in [0, 0.05) is 5.56 Å². The summed E-state index contributed by atoms with van der Waals surface area (Å²) in [6, 6.07) is 7.33. The number of nitrogens with one attached hydrogen (secondary N) is 1. The van der Waals surface area contributed by atoms with Gasteiger partial charge >= 0.3 is 0 Å². The second kappa shape index (κ2) is 6.10. The summed E-state index contributed by atoms with van der Waals surface area (Å²) in [5, 5.41) is 12.6. The van der Waals surface area contributed by atoms with E-state index >= 15 is 0 Å². The second-order valence-corrected chi connectivity index (χ2v) is 4.67. The van der Waals surface area contributed by atoms with Crippen molar-refractivity contribution in [2.45, 2.75) is 6.04 Å². The number of hydrogen-bond donors (Lipinski definition) is 2. The van der Waals surface area contributed by atoms with Crippen LogP contribution >= 0.6 is 23.2 Å². The molecule has 1 amide bonds. The van der Waals surface area contributed by atoms with Crippen LogP contribution in [0.5, 0.6) is 0 Å². The highest BCUT2D eigenvalue weighted by Gasteiger charge is 2.17. The van der Waals surface area contributed by atoms with Gasteiger partial charge in [-0.25, -0.2) is 0 Å². The fourth-order valence-corrected chi connectivity index (χ4v) is 1.87. The van der Waals surface area contributed by atoms with E-state index < -0.39 is 6.04 Å². The summed E-state index contributed by atoms with van der Waals surface area (Å²) in [7, 11) is 0. The fraction of sp³-hybridized carbons (Fsp3) is 0.154. The highest BCUT2D eigenvalue weighted by atomic mass is 35.5. The van der Waals surface area contributed by atoms with Crippen molar-refractivity contribution in [1.82, 2.24) is 5.32 Å². The van der Waals surface area contributed by atoms with E-state index in [1.54, 1.807) is 24.3 Å². The molecule has 0 bridgehead atoms. The van der Waals surface area contributed by atoms with E-state index in [0.717, 1.165) is 0 Å². The average Bonchev–Trinajstić information content (AvgIpc) is 2.92. The number of amides is 1. The molecule has 100 valence electrons. The van der Waals surface area contributed by atoms with Crippen LogP contribution in [0.4, 0.5) is 0 Å². The number of benzene rings is 1. The molecule has 1 aromatic heterocycles. The van der Waals surface area contributed by atoms with Gasteiger partial charge in [-0.2, -0.15) is 0 Å². The largest absolute Gasteiger partial charge is 0.467 e. The fourth-order valence-electron chi connectivity index (χ4n) is 1.58. The minimum atomic E-state index is -0.600. The Labute approximate surface area is 119 Å². The number of aliphatic hydroxyl groups is 1. The number of halogens is 2. The quantitative estimate of drug-likeness (QED) is 0.912. The zero-order chi connectivity index (χ0) is 13.8. The van der Waals surface area contributed by atoms with Crippen LogP contribution in [0, 0.1) is 0 Å². The van der Waals surface area contributed by atoms with E-state index in [-0.39, 0.29) is 12.5 Å². The molecule has 0 aliphatic heterocycles. The maximum absolute atomic E-state index is 12.0. The van der Waals surface area contributed by atoms with Crippen molar-refractivity contribution in [2.24, 2.45) is 0 Å². The van der Waals surface area contributed by atoms with Gasteiger partial charge in [-0.1, -0.05) is 23.2 Å². The van der Waals surface area contributed by atoms with Crippen molar-refractivity contribution in [3.05, 3.63) is 58.0 Å². The van der Waals surface area contributed by atoms with Crippen LogP contribution in [0.3, 0.4) is 0 Å². The Bertz CT molecular complexity index is 569. The molecule has 0 fully saturated rings. The molecule has 0 saturated heterocycles. The third-order valence-electron chi connectivity index (χ3n) is 2.56. The zero-order valence-electron chi connectivity index (χ0n) is 9.77. The van der Waals surface area contributed by atoms with E-state index in [0.29, 0.717) is 21.4 Å². The Balaban J connectivity index is 2.13. The topological polar surface area (TPSA) is 62.5 Å². The van der Waals surface area contributed by atoms with Gasteiger partial charge in [0.25, 0.3) is 5.91 Å². The van der Waals surface area contributed by atoms with E-state index in [9.17, 15) is 9.90 Å². The first-order valence-corrected chi connectivity index (χ1v) is 6.27. The Morgan fingerprint density at radius 2 is 2.11 bits per heavy atom. The first-order valence-electron chi connectivity index (χ1n) is 5.52. The number of carbonyl (C=O) groups is 1. The van der Waals surface area contributed by atoms with E-state index in [2.05, 4.69) is 5.32 Å². The minimum Gasteiger partial charge on any atom is -0.467 e. The number of carbonyl (C=O) groups excluding carboxylic acids is 1. The summed E-state index contributed by atoms with van der Waals surface area (Å²) in [5.41, 5.74) is 0.361.